The maximum atomic E-state index is 11.7. The Bertz CT molecular complexity index is 813. The van der Waals surface area contributed by atoms with Crippen molar-refractivity contribution >= 4 is 29.9 Å². The highest BCUT2D eigenvalue weighted by Crippen LogP contribution is 2.21. The van der Waals surface area contributed by atoms with Crippen LogP contribution in [0.1, 0.15) is 38.2 Å². The molecule has 0 bridgehead atoms. The first-order valence-corrected chi connectivity index (χ1v) is 11.0. The largest absolute Gasteiger partial charge is 0.357 e. The van der Waals surface area contributed by atoms with Crippen molar-refractivity contribution in [3.05, 3.63) is 70.6 Å². The third kappa shape index (κ3) is 7.78. The molecule has 0 aliphatic carbocycles. The number of hydrogen-bond donors (Lipinski definition) is 1. The maximum absolute atomic E-state index is 11.7. The summed E-state index contributed by atoms with van der Waals surface area (Å²) in [5, 5.41) is 3.46. The van der Waals surface area contributed by atoms with E-state index in [-0.39, 0.29) is 29.5 Å². The van der Waals surface area contributed by atoms with Crippen molar-refractivity contribution in [1.82, 2.24) is 14.8 Å². The van der Waals surface area contributed by atoms with Gasteiger partial charge < -0.3 is 14.8 Å². The normalized spacial score (nSPS) is 15.0. The number of guanidine groups is 1. The van der Waals surface area contributed by atoms with Crippen LogP contribution in [0.5, 0.6) is 0 Å². The van der Waals surface area contributed by atoms with Gasteiger partial charge in [0.2, 0.25) is 5.56 Å². The number of unbranched alkanes of at least 4 members (excludes halogenated alkanes) is 1. The molecule has 2 heterocycles. The van der Waals surface area contributed by atoms with Crippen LogP contribution in [0.15, 0.2) is 64.5 Å². The predicted molar refractivity (Wildman–Crippen MR) is 136 cm³/mol. The topological polar surface area (TPSA) is 49.6 Å². The molecule has 5 nitrogen and oxygen atoms in total. The summed E-state index contributed by atoms with van der Waals surface area (Å²) in [5.41, 5.74) is 1.52. The Hall–Kier alpha value is -1.83. The molecule has 6 heteroatoms. The second-order valence-electron chi connectivity index (χ2n) is 7.80. The molecule has 164 valence electrons. The van der Waals surface area contributed by atoms with E-state index in [1.165, 1.54) is 24.8 Å². The van der Waals surface area contributed by atoms with Gasteiger partial charge in [0, 0.05) is 45.0 Å². The Balaban J connectivity index is 0.00000320. The van der Waals surface area contributed by atoms with Gasteiger partial charge >= 0.3 is 0 Å². The summed E-state index contributed by atoms with van der Waals surface area (Å²) in [6.07, 6.45) is 7.43. The standard InChI is InChI=1S/C24H34N4O.HI/c1-2-25-24(26-15-7-9-17-27-16-8-6-12-23(27)29)28-18-13-22(14-19-28)20-21-10-4-3-5-11-21;/h3-6,8,10-12,16,22H,2,7,9,13-15,17-20H2,1H3,(H,25,26);1H. The monoisotopic (exact) mass is 522 g/mol. The number of rotatable bonds is 8. The Morgan fingerprint density at radius 3 is 2.50 bits per heavy atom. The third-order valence-electron chi connectivity index (χ3n) is 5.58. The number of hydrogen-bond acceptors (Lipinski definition) is 2. The van der Waals surface area contributed by atoms with E-state index in [1.807, 2.05) is 12.3 Å². The summed E-state index contributed by atoms with van der Waals surface area (Å²) in [6.45, 7) is 6.72. The van der Waals surface area contributed by atoms with Gasteiger partial charge in [-0.3, -0.25) is 9.79 Å². The van der Waals surface area contributed by atoms with E-state index in [0.29, 0.717) is 0 Å². The van der Waals surface area contributed by atoms with Gasteiger partial charge in [0.05, 0.1) is 0 Å². The Morgan fingerprint density at radius 2 is 1.80 bits per heavy atom. The molecule has 1 aliphatic rings. The fourth-order valence-corrected chi connectivity index (χ4v) is 3.95. The lowest BCUT2D eigenvalue weighted by Gasteiger charge is -2.34. The number of nitrogens with one attached hydrogen (secondary N) is 1. The van der Waals surface area contributed by atoms with Gasteiger partial charge in [0.1, 0.15) is 0 Å². The van der Waals surface area contributed by atoms with Gasteiger partial charge in [0.25, 0.3) is 0 Å². The number of aromatic nitrogens is 1. The molecule has 2 aromatic rings. The zero-order valence-electron chi connectivity index (χ0n) is 18.0. The lowest BCUT2D eigenvalue weighted by atomic mass is 9.90. The molecule has 0 saturated carbocycles. The first-order valence-electron chi connectivity index (χ1n) is 11.0. The zero-order valence-corrected chi connectivity index (χ0v) is 20.3. The second-order valence-corrected chi connectivity index (χ2v) is 7.80. The molecule has 0 spiro atoms. The average Bonchev–Trinajstić information content (AvgIpc) is 2.75. The fourth-order valence-electron chi connectivity index (χ4n) is 3.95. The summed E-state index contributed by atoms with van der Waals surface area (Å²) in [5.74, 6) is 1.81. The summed E-state index contributed by atoms with van der Waals surface area (Å²) >= 11 is 0. The highest BCUT2D eigenvalue weighted by atomic mass is 127. The molecule has 0 amide bonds. The number of nitrogens with zero attached hydrogens (tertiary/aromatic N) is 3. The van der Waals surface area contributed by atoms with Crippen LogP contribution in [0.4, 0.5) is 0 Å². The zero-order chi connectivity index (χ0) is 20.3. The van der Waals surface area contributed by atoms with Gasteiger partial charge in [-0.2, -0.15) is 0 Å². The van der Waals surface area contributed by atoms with Crippen LogP contribution in [-0.2, 0) is 13.0 Å². The van der Waals surface area contributed by atoms with Crippen molar-refractivity contribution in [2.45, 2.75) is 45.6 Å². The summed E-state index contributed by atoms with van der Waals surface area (Å²) < 4.78 is 1.77. The first kappa shape index (κ1) is 24.4. The molecule has 1 aromatic carbocycles. The molecule has 30 heavy (non-hydrogen) atoms. The summed E-state index contributed by atoms with van der Waals surface area (Å²) in [4.78, 5) is 19.0. The lowest BCUT2D eigenvalue weighted by Crippen LogP contribution is -2.46. The third-order valence-corrected chi connectivity index (χ3v) is 5.58. The van der Waals surface area contributed by atoms with E-state index in [4.69, 9.17) is 4.99 Å². The van der Waals surface area contributed by atoms with E-state index < -0.39 is 0 Å². The smallest absolute Gasteiger partial charge is 0.250 e. The number of likely N-dealkylation sites (tertiary alicyclic amines) is 1. The van der Waals surface area contributed by atoms with E-state index in [1.54, 1.807) is 16.7 Å². The Labute approximate surface area is 197 Å². The molecule has 0 atom stereocenters. The van der Waals surface area contributed by atoms with Crippen LogP contribution in [0.25, 0.3) is 0 Å². The van der Waals surface area contributed by atoms with Gasteiger partial charge in [-0.1, -0.05) is 36.4 Å². The van der Waals surface area contributed by atoms with Crippen molar-refractivity contribution in [3.8, 4) is 0 Å². The fraction of sp³-hybridized carbons (Fsp3) is 0.500. The lowest BCUT2D eigenvalue weighted by molar-refractivity contribution is 0.259. The minimum atomic E-state index is 0. The number of pyridine rings is 1. The van der Waals surface area contributed by atoms with Gasteiger partial charge in [-0.15, -0.1) is 24.0 Å². The predicted octanol–water partition coefficient (Wildman–Crippen LogP) is 4.17. The molecule has 1 N–H and O–H groups in total. The first-order chi connectivity index (χ1) is 14.3. The number of halogens is 1. The Morgan fingerprint density at radius 1 is 1.07 bits per heavy atom. The average molecular weight is 522 g/mol. The van der Waals surface area contributed by atoms with Gasteiger partial charge in [0.15, 0.2) is 5.96 Å². The highest BCUT2D eigenvalue weighted by Gasteiger charge is 2.21. The maximum Gasteiger partial charge on any atom is 0.250 e. The van der Waals surface area contributed by atoms with Crippen LogP contribution < -0.4 is 10.9 Å². The van der Waals surface area contributed by atoms with Crippen molar-refractivity contribution in [1.29, 1.82) is 0 Å². The molecule has 0 radical (unpaired) electrons. The minimum absolute atomic E-state index is 0. The number of aryl methyl sites for hydroxylation is 1. The van der Waals surface area contributed by atoms with Crippen molar-refractivity contribution in [3.63, 3.8) is 0 Å². The molecule has 1 saturated heterocycles. The minimum Gasteiger partial charge on any atom is -0.357 e. The molecule has 0 unspecified atom stereocenters. The van der Waals surface area contributed by atoms with E-state index >= 15 is 0 Å². The van der Waals surface area contributed by atoms with E-state index in [2.05, 4.69) is 47.5 Å². The summed E-state index contributed by atoms with van der Waals surface area (Å²) in [7, 11) is 0. The van der Waals surface area contributed by atoms with Gasteiger partial charge in [-0.25, -0.2) is 0 Å². The second kappa shape index (κ2) is 13.5. The molecule has 1 fully saturated rings. The molecular formula is C24H35IN4O. The van der Waals surface area contributed by atoms with Crippen LogP contribution in [0.3, 0.4) is 0 Å². The van der Waals surface area contributed by atoms with Crippen LogP contribution >= 0.6 is 24.0 Å². The van der Waals surface area contributed by atoms with Crippen molar-refractivity contribution < 1.29 is 0 Å². The number of piperidine rings is 1. The Kier molecular flexibility index (Phi) is 11.0. The number of aliphatic imine (C=N–C) groups is 1. The van der Waals surface area contributed by atoms with E-state index in [0.717, 1.165) is 57.4 Å². The molecular weight excluding hydrogens is 487 g/mol. The highest BCUT2D eigenvalue weighted by molar-refractivity contribution is 14.0. The molecule has 3 rings (SSSR count). The van der Waals surface area contributed by atoms with Crippen LogP contribution in [0, 0.1) is 5.92 Å². The van der Waals surface area contributed by atoms with E-state index in [9.17, 15) is 4.79 Å². The SMILES string of the molecule is CCNC(=NCCCCn1ccccc1=O)N1CCC(Cc2ccccc2)CC1.I. The quantitative estimate of drug-likeness (QED) is 0.245. The summed E-state index contributed by atoms with van der Waals surface area (Å²) in [6, 6.07) is 16.1. The van der Waals surface area contributed by atoms with Crippen LogP contribution in [0.2, 0.25) is 0 Å². The van der Waals surface area contributed by atoms with Crippen molar-refractivity contribution in [2.75, 3.05) is 26.2 Å². The molecule has 1 aliphatic heterocycles. The van der Waals surface area contributed by atoms with Crippen molar-refractivity contribution in [2.24, 2.45) is 10.9 Å². The molecule has 1 aromatic heterocycles. The van der Waals surface area contributed by atoms with Gasteiger partial charge in [-0.05, 0) is 56.6 Å². The number of benzene rings is 1. The van der Waals surface area contributed by atoms with Crippen LogP contribution in [-0.4, -0.2) is 41.6 Å².